The van der Waals surface area contributed by atoms with E-state index in [1.807, 2.05) is 10.5 Å². The van der Waals surface area contributed by atoms with Crippen molar-refractivity contribution in [2.24, 2.45) is 0 Å². The van der Waals surface area contributed by atoms with Gasteiger partial charge >= 0.3 is 0 Å². The summed E-state index contributed by atoms with van der Waals surface area (Å²) in [5.41, 5.74) is 3.42. The van der Waals surface area contributed by atoms with Crippen LogP contribution in [0, 0.1) is 0 Å². The van der Waals surface area contributed by atoms with E-state index in [1.165, 1.54) is 5.56 Å². The largest absolute Gasteiger partial charge is 0.305 e. The van der Waals surface area contributed by atoms with Crippen LogP contribution >= 0.6 is 0 Å². The molecule has 0 spiro atoms. The van der Waals surface area contributed by atoms with Crippen LogP contribution in [0.3, 0.4) is 0 Å². The first-order valence-electron chi connectivity index (χ1n) is 5.31. The topological polar surface area (TPSA) is 50.2 Å². The van der Waals surface area contributed by atoms with Crippen molar-refractivity contribution >= 4 is 16.8 Å². The van der Waals surface area contributed by atoms with Crippen LogP contribution in [-0.2, 0) is 5.41 Å². The van der Waals surface area contributed by atoms with E-state index in [0.29, 0.717) is 5.65 Å². The van der Waals surface area contributed by atoms with Crippen LogP contribution in [0.4, 0.5) is 0 Å². The van der Waals surface area contributed by atoms with Gasteiger partial charge in [0.1, 0.15) is 5.65 Å². The first-order chi connectivity index (χ1) is 7.48. The summed E-state index contributed by atoms with van der Waals surface area (Å²) in [5.74, 6) is 0. The van der Waals surface area contributed by atoms with Crippen molar-refractivity contribution in [1.29, 1.82) is 0 Å². The molecule has 0 aliphatic heterocycles. The van der Waals surface area contributed by atoms with E-state index in [1.54, 1.807) is 6.20 Å². The summed E-state index contributed by atoms with van der Waals surface area (Å²) in [4.78, 5) is 18.5. The summed E-state index contributed by atoms with van der Waals surface area (Å²) in [7, 11) is 0. The van der Waals surface area contributed by atoms with Gasteiger partial charge in [-0.3, -0.25) is 9.20 Å². The van der Waals surface area contributed by atoms with Crippen LogP contribution in [0.1, 0.15) is 26.3 Å². The molecule has 4 heteroatoms. The fourth-order valence-corrected chi connectivity index (χ4v) is 2.17. The number of nitrogens with one attached hydrogen (secondary N) is 1. The Hall–Kier alpha value is -1.84. The van der Waals surface area contributed by atoms with Gasteiger partial charge in [-0.2, -0.15) is 0 Å². The standard InChI is InChI=1S/C12H13N3O/c1-12(2,3)7-4-5-9-14-11(16)10-13-6-8(7)15(9)10/h4-6H,1-3H3,(H,14,16). The van der Waals surface area contributed by atoms with Gasteiger partial charge in [-0.25, -0.2) is 4.98 Å². The van der Waals surface area contributed by atoms with Gasteiger partial charge in [0.15, 0.2) is 0 Å². The van der Waals surface area contributed by atoms with E-state index in [9.17, 15) is 4.79 Å². The fraction of sp³-hybridized carbons (Fsp3) is 0.333. The number of hydrogen-bond acceptors (Lipinski definition) is 2. The molecular weight excluding hydrogens is 202 g/mol. The lowest BCUT2D eigenvalue weighted by Crippen LogP contribution is -2.12. The van der Waals surface area contributed by atoms with Crippen molar-refractivity contribution in [3.8, 4) is 0 Å². The Balaban J connectivity index is 2.55. The Morgan fingerprint density at radius 3 is 2.75 bits per heavy atom. The molecule has 0 unspecified atom stereocenters. The van der Waals surface area contributed by atoms with E-state index in [4.69, 9.17) is 0 Å². The summed E-state index contributed by atoms with van der Waals surface area (Å²) in [6, 6.07) is 3.99. The van der Waals surface area contributed by atoms with Crippen LogP contribution in [-0.4, -0.2) is 14.4 Å². The first-order valence-corrected chi connectivity index (χ1v) is 5.31. The van der Waals surface area contributed by atoms with E-state index < -0.39 is 0 Å². The first kappa shape index (κ1) is 9.39. The maximum absolute atomic E-state index is 11.6. The maximum atomic E-state index is 11.6. The van der Waals surface area contributed by atoms with Crippen molar-refractivity contribution in [2.45, 2.75) is 26.2 Å². The second-order valence-corrected chi connectivity index (χ2v) is 5.14. The molecule has 1 N–H and O–H groups in total. The molecule has 82 valence electrons. The van der Waals surface area contributed by atoms with Gasteiger partial charge in [-0.05, 0) is 17.0 Å². The Morgan fingerprint density at radius 2 is 2.06 bits per heavy atom. The zero-order valence-electron chi connectivity index (χ0n) is 9.53. The molecule has 0 aromatic carbocycles. The molecule has 3 rings (SSSR count). The van der Waals surface area contributed by atoms with E-state index in [-0.39, 0.29) is 11.0 Å². The Morgan fingerprint density at radius 1 is 1.31 bits per heavy atom. The van der Waals surface area contributed by atoms with Crippen LogP contribution in [0.15, 0.2) is 23.1 Å². The number of hydrogen-bond donors (Lipinski definition) is 1. The zero-order chi connectivity index (χ0) is 11.5. The highest BCUT2D eigenvalue weighted by Gasteiger charge is 2.20. The molecule has 0 saturated heterocycles. The van der Waals surface area contributed by atoms with E-state index in [2.05, 4.69) is 36.8 Å². The number of H-pyrrole nitrogens is 1. The van der Waals surface area contributed by atoms with E-state index in [0.717, 1.165) is 11.2 Å². The molecule has 3 aromatic rings. The smallest absolute Gasteiger partial charge is 0.293 e. The van der Waals surface area contributed by atoms with Crippen LogP contribution < -0.4 is 5.56 Å². The molecule has 0 amide bonds. The zero-order valence-corrected chi connectivity index (χ0v) is 9.53. The predicted molar refractivity (Wildman–Crippen MR) is 63.2 cm³/mol. The summed E-state index contributed by atoms with van der Waals surface area (Å²) in [6.07, 6.45) is 1.78. The quantitative estimate of drug-likeness (QED) is 0.622. The van der Waals surface area contributed by atoms with Gasteiger partial charge in [-0.15, -0.1) is 0 Å². The number of rotatable bonds is 0. The molecule has 4 nitrogen and oxygen atoms in total. The van der Waals surface area contributed by atoms with Crippen LogP contribution in [0.5, 0.6) is 0 Å². The Kier molecular flexibility index (Phi) is 1.55. The van der Waals surface area contributed by atoms with Gasteiger partial charge in [0.2, 0.25) is 5.65 Å². The average molecular weight is 215 g/mol. The Bertz CT molecular complexity index is 715. The molecule has 0 fully saturated rings. The lowest BCUT2D eigenvalue weighted by Gasteiger charge is -2.19. The molecule has 16 heavy (non-hydrogen) atoms. The molecule has 0 bridgehead atoms. The van der Waals surface area contributed by atoms with Crippen molar-refractivity contribution in [3.63, 3.8) is 0 Å². The summed E-state index contributed by atoms with van der Waals surface area (Å²) in [6.45, 7) is 6.46. The lowest BCUT2D eigenvalue weighted by molar-refractivity contribution is 0.594. The summed E-state index contributed by atoms with van der Waals surface area (Å²) >= 11 is 0. The third-order valence-electron chi connectivity index (χ3n) is 2.94. The van der Waals surface area contributed by atoms with Crippen molar-refractivity contribution in [1.82, 2.24) is 14.4 Å². The molecule has 3 heterocycles. The van der Waals surface area contributed by atoms with Gasteiger partial charge in [0.05, 0.1) is 11.7 Å². The molecule has 0 radical (unpaired) electrons. The number of aromatic nitrogens is 3. The highest BCUT2D eigenvalue weighted by Crippen LogP contribution is 2.28. The third-order valence-corrected chi connectivity index (χ3v) is 2.94. The predicted octanol–water partition coefficient (Wildman–Crippen LogP) is 1.91. The summed E-state index contributed by atoms with van der Waals surface area (Å²) < 4.78 is 1.89. The molecule has 0 aliphatic rings. The minimum atomic E-state index is -0.124. The molecule has 3 aromatic heterocycles. The normalized spacial score (nSPS) is 12.9. The lowest BCUT2D eigenvalue weighted by atomic mass is 9.87. The number of imidazole rings is 2. The molecule has 0 aliphatic carbocycles. The number of nitrogens with zero attached hydrogens (tertiary/aromatic N) is 2. The summed E-state index contributed by atoms with van der Waals surface area (Å²) in [5, 5.41) is 0. The third kappa shape index (κ3) is 1.04. The number of pyridine rings is 1. The van der Waals surface area contributed by atoms with Crippen LogP contribution in [0.2, 0.25) is 0 Å². The fourth-order valence-electron chi connectivity index (χ4n) is 2.17. The minimum Gasteiger partial charge on any atom is -0.305 e. The van der Waals surface area contributed by atoms with Crippen molar-refractivity contribution in [2.75, 3.05) is 0 Å². The second kappa shape index (κ2) is 2.64. The van der Waals surface area contributed by atoms with Crippen LogP contribution in [0.25, 0.3) is 16.8 Å². The SMILES string of the molecule is CC(C)(C)c1ccc2[nH]c(=O)c3ncc1n23. The number of aromatic amines is 1. The minimum absolute atomic E-state index is 0.0461. The Labute approximate surface area is 92.3 Å². The molecule has 0 saturated carbocycles. The van der Waals surface area contributed by atoms with E-state index >= 15 is 0 Å². The van der Waals surface area contributed by atoms with Gasteiger partial charge in [0.25, 0.3) is 5.56 Å². The highest BCUT2D eigenvalue weighted by atomic mass is 16.1. The maximum Gasteiger partial charge on any atom is 0.293 e. The van der Waals surface area contributed by atoms with Crippen molar-refractivity contribution < 1.29 is 0 Å². The second-order valence-electron chi connectivity index (χ2n) is 5.14. The van der Waals surface area contributed by atoms with Crippen molar-refractivity contribution in [3.05, 3.63) is 34.2 Å². The van der Waals surface area contributed by atoms with Gasteiger partial charge in [-0.1, -0.05) is 26.8 Å². The monoisotopic (exact) mass is 215 g/mol. The average Bonchev–Trinajstić information content (AvgIpc) is 2.72. The highest BCUT2D eigenvalue weighted by molar-refractivity contribution is 5.70. The molecule has 0 atom stereocenters. The molecular formula is C12H13N3O. The van der Waals surface area contributed by atoms with Gasteiger partial charge < -0.3 is 4.98 Å². The van der Waals surface area contributed by atoms with Gasteiger partial charge in [0, 0.05) is 0 Å².